The van der Waals surface area contributed by atoms with Crippen molar-refractivity contribution < 1.29 is 4.79 Å². The summed E-state index contributed by atoms with van der Waals surface area (Å²) in [6.45, 7) is 0.419. The minimum absolute atomic E-state index is 0.230. The lowest BCUT2D eigenvalue weighted by atomic mass is 10.2. The number of aromatic amines is 2. The predicted molar refractivity (Wildman–Crippen MR) is 60.2 cm³/mol. The van der Waals surface area contributed by atoms with Gasteiger partial charge in [-0.05, 0) is 17.7 Å². The highest BCUT2D eigenvalue weighted by molar-refractivity contribution is 5.76. The van der Waals surface area contributed by atoms with Crippen LogP contribution in [0.15, 0.2) is 23.0 Å². The summed E-state index contributed by atoms with van der Waals surface area (Å²) in [6.07, 6.45) is 0. The Morgan fingerprint density at radius 2 is 2.06 bits per heavy atom. The van der Waals surface area contributed by atoms with E-state index in [1.54, 1.807) is 13.1 Å². The molecule has 6 nitrogen and oxygen atoms in total. The van der Waals surface area contributed by atoms with E-state index in [1.165, 1.54) is 0 Å². The number of hydrogen-bond donors (Lipinski definition) is 4. The summed E-state index contributed by atoms with van der Waals surface area (Å²) >= 11 is 0. The fraction of sp³-hybridized carbons (Fsp3) is 0.200. The monoisotopic (exact) mass is 220 g/mol. The first-order chi connectivity index (χ1) is 7.69. The Labute approximate surface area is 91.1 Å². The second kappa shape index (κ2) is 4.09. The molecule has 6 heteroatoms. The zero-order valence-corrected chi connectivity index (χ0v) is 8.76. The highest BCUT2D eigenvalue weighted by Gasteiger charge is 2.01. The van der Waals surface area contributed by atoms with Crippen LogP contribution in [-0.2, 0) is 6.54 Å². The molecular formula is C10H12N4O2. The molecule has 1 aromatic carbocycles. The van der Waals surface area contributed by atoms with Crippen LogP contribution in [0.2, 0.25) is 0 Å². The summed E-state index contributed by atoms with van der Waals surface area (Å²) in [6, 6.07) is 5.24. The first-order valence-electron chi connectivity index (χ1n) is 4.85. The molecule has 0 saturated carbocycles. The van der Waals surface area contributed by atoms with Crippen LogP contribution in [0.25, 0.3) is 11.0 Å². The van der Waals surface area contributed by atoms with E-state index < -0.39 is 0 Å². The van der Waals surface area contributed by atoms with Crippen molar-refractivity contribution in [1.29, 1.82) is 0 Å². The van der Waals surface area contributed by atoms with Gasteiger partial charge in [-0.3, -0.25) is 0 Å². The summed E-state index contributed by atoms with van der Waals surface area (Å²) < 4.78 is 0. The van der Waals surface area contributed by atoms with Gasteiger partial charge >= 0.3 is 11.7 Å². The van der Waals surface area contributed by atoms with Gasteiger partial charge in [0.2, 0.25) is 0 Å². The molecule has 0 unspecified atom stereocenters. The van der Waals surface area contributed by atoms with Gasteiger partial charge in [-0.15, -0.1) is 0 Å². The average molecular weight is 220 g/mol. The van der Waals surface area contributed by atoms with Gasteiger partial charge in [-0.25, -0.2) is 9.59 Å². The lowest BCUT2D eigenvalue weighted by Gasteiger charge is -2.04. The first kappa shape index (κ1) is 10.3. The van der Waals surface area contributed by atoms with Crippen LogP contribution in [0.5, 0.6) is 0 Å². The number of hydrogen-bond acceptors (Lipinski definition) is 2. The zero-order valence-electron chi connectivity index (χ0n) is 8.76. The number of carbonyl (C=O) groups excluding carboxylic acids is 1. The zero-order chi connectivity index (χ0) is 11.5. The number of carbonyl (C=O) groups is 1. The number of rotatable bonds is 2. The van der Waals surface area contributed by atoms with Crippen LogP contribution >= 0.6 is 0 Å². The molecule has 0 aliphatic heterocycles. The maximum absolute atomic E-state index is 11.0. The number of aromatic nitrogens is 2. The predicted octanol–water partition coefficient (Wildman–Crippen LogP) is 0.285. The normalized spacial score (nSPS) is 10.3. The van der Waals surface area contributed by atoms with E-state index in [0.29, 0.717) is 6.54 Å². The van der Waals surface area contributed by atoms with Crippen LogP contribution in [0.4, 0.5) is 4.79 Å². The lowest BCUT2D eigenvalue weighted by Crippen LogP contribution is -2.32. The standard InChI is InChI=1S/C10H12N4O2/c1-11-9(15)12-5-6-2-3-7-8(4-6)14-10(16)13-7/h2-4H,5H2,1H3,(H2,11,12,15)(H2,13,14,16). The molecule has 2 aromatic rings. The van der Waals surface area contributed by atoms with Gasteiger partial charge in [-0.2, -0.15) is 0 Å². The average Bonchev–Trinajstić information content (AvgIpc) is 2.65. The van der Waals surface area contributed by atoms with Gasteiger partial charge in [0.1, 0.15) is 0 Å². The topological polar surface area (TPSA) is 89.8 Å². The number of amides is 2. The van der Waals surface area contributed by atoms with Crippen LogP contribution in [-0.4, -0.2) is 23.0 Å². The highest BCUT2D eigenvalue weighted by Crippen LogP contribution is 2.09. The van der Waals surface area contributed by atoms with Crippen molar-refractivity contribution in [2.24, 2.45) is 0 Å². The largest absolute Gasteiger partial charge is 0.341 e. The Morgan fingerprint density at radius 1 is 1.31 bits per heavy atom. The molecule has 0 aliphatic rings. The van der Waals surface area contributed by atoms with Crippen molar-refractivity contribution >= 4 is 17.1 Å². The molecule has 4 N–H and O–H groups in total. The van der Waals surface area contributed by atoms with E-state index in [4.69, 9.17) is 0 Å². The lowest BCUT2D eigenvalue weighted by molar-refractivity contribution is 0.242. The van der Waals surface area contributed by atoms with Crippen molar-refractivity contribution in [1.82, 2.24) is 20.6 Å². The molecule has 16 heavy (non-hydrogen) atoms. The SMILES string of the molecule is CNC(=O)NCc1ccc2[nH]c(=O)[nH]c2c1. The maximum atomic E-state index is 11.0. The third kappa shape index (κ3) is 2.05. The van der Waals surface area contributed by atoms with Crippen LogP contribution in [0.3, 0.4) is 0 Å². The van der Waals surface area contributed by atoms with Crippen molar-refractivity contribution in [2.45, 2.75) is 6.54 Å². The van der Waals surface area contributed by atoms with Gasteiger partial charge in [0, 0.05) is 13.6 Å². The number of H-pyrrole nitrogens is 2. The van der Waals surface area contributed by atoms with Crippen molar-refractivity contribution in [3.8, 4) is 0 Å². The minimum Gasteiger partial charge on any atom is -0.341 e. The van der Waals surface area contributed by atoms with Gasteiger partial charge < -0.3 is 20.6 Å². The van der Waals surface area contributed by atoms with Crippen LogP contribution < -0.4 is 16.3 Å². The second-order valence-electron chi connectivity index (χ2n) is 3.39. The number of benzene rings is 1. The maximum Gasteiger partial charge on any atom is 0.323 e. The molecule has 0 fully saturated rings. The first-order valence-corrected chi connectivity index (χ1v) is 4.85. The molecule has 0 aliphatic carbocycles. The van der Waals surface area contributed by atoms with Crippen molar-refractivity contribution in [3.63, 3.8) is 0 Å². The number of nitrogens with one attached hydrogen (secondary N) is 4. The molecule has 1 heterocycles. The number of imidazole rings is 1. The van der Waals surface area contributed by atoms with E-state index in [0.717, 1.165) is 16.6 Å². The van der Waals surface area contributed by atoms with E-state index in [1.807, 2.05) is 12.1 Å². The van der Waals surface area contributed by atoms with Gasteiger partial charge in [-0.1, -0.05) is 6.07 Å². The van der Waals surface area contributed by atoms with Gasteiger partial charge in [0.05, 0.1) is 11.0 Å². The third-order valence-electron chi connectivity index (χ3n) is 2.26. The number of fused-ring (bicyclic) bond motifs is 1. The summed E-state index contributed by atoms with van der Waals surface area (Å²) in [5.74, 6) is 0. The summed E-state index contributed by atoms with van der Waals surface area (Å²) in [5, 5.41) is 5.13. The third-order valence-corrected chi connectivity index (χ3v) is 2.26. The number of urea groups is 1. The van der Waals surface area contributed by atoms with E-state index in [-0.39, 0.29) is 11.7 Å². The summed E-state index contributed by atoms with van der Waals surface area (Å²) in [5.41, 5.74) is 2.19. The molecule has 0 atom stereocenters. The highest BCUT2D eigenvalue weighted by atomic mass is 16.2. The Kier molecular flexibility index (Phi) is 2.63. The van der Waals surface area contributed by atoms with Crippen LogP contribution in [0.1, 0.15) is 5.56 Å². The smallest absolute Gasteiger partial charge is 0.323 e. The molecule has 2 rings (SSSR count). The second-order valence-corrected chi connectivity index (χ2v) is 3.39. The molecule has 0 radical (unpaired) electrons. The van der Waals surface area contributed by atoms with Crippen LogP contribution in [0, 0.1) is 0 Å². The minimum atomic E-state index is -0.234. The molecular weight excluding hydrogens is 208 g/mol. The van der Waals surface area contributed by atoms with E-state index in [2.05, 4.69) is 20.6 Å². The van der Waals surface area contributed by atoms with Crippen molar-refractivity contribution in [2.75, 3.05) is 7.05 Å². The molecule has 0 saturated heterocycles. The molecule has 84 valence electrons. The fourth-order valence-electron chi connectivity index (χ4n) is 1.46. The Bertz CT molecular complexity index is 569. The molecule has 2 amide bonds. The van der Waals surface area contributed by atoms with Crippen molar-refractivity contribution in [3.05, 3.63) is 34.2 Å². The van der Waals surface area contributed by atoms with Gasteiger partial charge in [0.25, 0.3) is 0 Å². The Balaban J connectivity index is 2.19. The van der Waals surface area contributed by atoms with E-state index >= 15 is 0 Å². The fourth-order valence-corrected chi connectivity index (χ4v) is 1.46. The Morgan fingerprint density at radius 3 is 2.81 bits per heavy atom. The van der Waals surface area contributed by atoms with Gasteiger partial charge in [0.15, 0.2) is 0 Å². The summed E-state index contributed by atoms with van der Waals surface area (Å²) in [7, 11) is 1.56. The summed E-state index contributed by atoms with van der Waals surface area (Å²) in [4.78, 5) is 27.3. The Hall–Kier alpha value is -2.24. The molecule has 0 bridgehead atoms. The van der Waals surface area contributed by atoms with E-state index in [9.17, 15) is 9.59 Å². The molecule has 0 spiro atoms. The molecule has 1 aromatic heterocycles. The quantitative estimate of drug-likeness (QED) is 0.585.